The average Bonchev–Trinajstić information content (AvgIpc) is 4.54. The van der Waals surface area contributed by atoms with E-state index in [9.17, 15) is 27.6 Å². The molecule has 13 nitrogen and oxygen atoms in total. The summed E-state index contributed by atoms with van der Waals surface area (Å²) in [6.45, 7) is 0. The first kappa shape index (κ1) is 50.6. The lowest BCUT2D eigenvalue weighted by molar-refractivity contribution is 0.261. The number of H-pyrrole nitrogens is 2. The van der Waals surface area contributed by atoms with Gasteiger partial charge in [-0.2, -0.15) is 0 Å². The highest BCUT2D eigenvalue weighted by Gasteiger charge is 2.23. The van der Waals surface area contributed by atoms with Gasteiger partial charge in [-0.1, -0.05) is 84.9 Å². The molecule has 394 valence electrons. The number of benzene rings is 7. The van der Waals surface area contributed by atoms with Gasteiger partial charge in [-0.05, 0) is 145 Å². The van der Waals surface area contributed by atoms with E-state index in [4.69, 9.17) is 9.97 Å². The molecule has 16 heteroatoms. The second-order valence-corrected chi connectivity index (χ2v) is 18.8. The molecule has 0 atom stereocenters. The number of amides is 6. The van der Waals surface area contributed by atoms with Gasteiger partial charge < -0.3 is 41.9 Å². The van der Waals surface area contributed by atoms with Crippen molar-refractivity contribution < 1.29 is 27.6 Å². The van der Waals surface area contributed by atoms with E-state index >= 15 is 0 Å². The number of aromatic nitrogens is 4. The number of carbonyl (C=O) groups excluding carboxylic acids is 3. The number of anilines is 6. The number of nitrogens with one attached hydrogen (secondary N) is 8. The third-order valence-electron chi connectivity index (χ3n) is 13.5. The van der Waals surface area contributed by atoms with Crippen LogP contribution < -0.4 is 31.9 Å². The van der Waals surface area contributed by atoms with Gasteiger partial charge in [-0.25, -0.2) is 37.5 Å². The van der Waals surface area contributed by atoms with E-state index in [1.54, 1.807) is 24.3 Å². The smallest absolute Gasteiger partial charge is 0.323 e. The molecule has 7 aromatic carbocycles. The van der Waals surface area contributed by atoms with Crippen molar-refractivity contribution >= 4 is 98.6 Å². The van der Waals surface area contributed by atoms with Crippen LogP contribution in [0.1, 0.15) is 22.8 Å². The van der Waals surface area contributed by atoms with Crippen molar-refractivity contribution in [2.45, 2.75) is 0 Å². The fourth-order valence-corrected chi connectivity index (χ4v) is 9.85. The van der Waals surface area contributed by atoms with E-state index in [0.29, 0.717) is 112 Å². The van der Waals surface area contributed by atoms with Gasteiger partial charge >= 0.3 is 18.1 Å². The van der Waals surface area contributed by atoms with Gasteiger partial charge in [0, 0.05) is 78.1 Å². The largest absolute Gasteiger partial charge is 0.354 e. The van der Waals surface area contributed by atoms with E-state index in [1.807, 2.05) is 127 Å². The zero-order valence-electron chi connectivity index (χ0n) is 42.6. The third kappa shape index (κ3) is 10.9. The van der Waals surface area contributed by atoms with Crippen LogP contribution in [-0.2, 0) is 0 Å². The second-order valence-electron chi connectivity index (χ2n) is 18.8. The lowest BCUT2D eigenvalue weighted by Gasteiger charge is -2.14. The molecule has 0 fully saturated rings. The Morgan fingerprint density at radius 3 is 0.926 bits per heavy atom. The number of carbonyl (C=O) groups is 3. The molecule has 10 aromatic rings. The summed E-state index contributed by atoms with van der Waals surface area (Å²) in [6, 6.07) is 54.3. The molecule has 0 unspecified atom stereocenters. The molecule has 2 aliphatic heterocycles. The SMILES string of the molecule is O=C(Nc1ccc(F)cc1)Nc1ccccc1-c1c2nc(c(-c3ccccc3NC(=O)Nc3ccc(F)cc3)c3ccc([nH]3)c(-c3ccccc3NC(=O)Nc3ccc(F)cc3)c3nc(c(-c4ccccc4)c4ccc1[nH]4)C=C3)C=C2. The molecule has 8 N–H and O–H groups in total. The van der Waals surface area contributed by atoms with Crippen LogP contribution in [0.25, 0.3) is 90.9 Å². The zero-order chi connectivity index (χ0) is 55.4. The Hall–Kier alpha value is -11.3. The molecule has 0 radical (unpaired) electrons. The van der Waals surface area contributed by atoms with E-state index in [-0.39, 0.29) is 0 Å². The average molecular weight is 1070 g/mol. The van der Waals surface area contributed by atoms with Crippen LogP contribution in [0.4, 0.5) is 61.7 Å². The number of nitrogens with zero attached hydrogens (tertiary/aromatic N) is 2. The molecule has 2 aliphatic rings. The molecule has 3 aromatic heterocycles. The normalized spacial score (nSPS) is 11.4. The molecule has 0 aliphatic carbocycles. The summed E-state index contributed by atoms with van der Waals surface area (Å²) >= 11 is 0. The Balaban J connectivity index is 1.11. The number of hydrogen-bond donors (Lipinski definition) is 8. The Morgan fingerprint density at radius 2 is 0.593 bits per heavy atom. The minimum Gasteiger partial charge on any atom is -0.354 e. The summed E-state index contributed by atoms with van der Waals surface area (Å²) in [6.07, 6.45) is 7.65. The number of hydrogen-bond acceptors (Lipinski definition) is 5. The minimum absolute atomic E-state index is 0.377. The van der Waals surface area contributed by atoms with Gasteiger partial charge in [0.2, 0.25) is 0 Å². The molecule has 81 heavy (non-hydrogen) atoms. The van der Waals surface area contributed by atoms with Gasteiger partial charge in [-0.15, -0.1) is 0 Å². The highest BCUT2D eigenvalue weighted by atomic mass is 19.1. The summed E-state index contributed by atoms with van der Waals surface area (Å²) in [5.74, 6) is -1.32. The topological polar surface area (TPSA) is 181 Å². The highest BCUT2D eigenvalue weighted by Crippen LogP contribution is 2.42. The number of fused-ring (bicyclic) bond motifs is 8. The predicted octanol–water partition coefficient (Wildman–Crippen LogP) is 16.7. The molecular weight excluding hydrogens is 1030 g/mol. The molecule has 0 saturated carbocycles. The van der Waals surface area contributed by atoms with Gasteiger partial charge in [0.05, 0.1) is 39.8 Å². The quantitative estimate of drug-likeness (QED) is 0.0678. The van der Waals surface area contributed by atoms with Crippen molar-refractivity contribution in [2.24, 2.45) is 0 Å². The molecule has 12 rings (SSSR count). The van der Waals surface area contributed by atoms with E-state index in [0.717, 1.165) is 11.1 Å². The maximum atomic E-state index is 13.9. The predicted molar refractivity (Wildman–Crippen MR) is 318 cm³/mol. The van der Waals surface area contributed by atoms with Crippen LogP contribution in [0.3, 0.4) is 0 Å². The Bertz CT molecular complexity index is 4230. The molecular formula is C65H45F3N10O3. The summed E-state index contributed by atoms with van der Waals surface area (Å²) in [7, 11) is 0. The van der Waals surface area contributed by atoms with Gasteiger partial charge in [0.25, 0.3) is 0 Å². The van der Waals surface area contributed by atoms with Crippen molar-refractivity contribution in [3.8, 4) is 44.5 Å². The first-order chi connectivity index (χ1) is 39.6. The maximum absolute atomic E-state index is 13.9. The summed E-state index contributed by atoms with van der Waals surface area (Å²) in [4.78, 5) is 59.5. The molecule has 5 heterocycles. The number of rotatable bonds is 10. The van der Waals surface area contributed by atoms with Crippen LogP contribution in [0.15, 0.2) is 200 Å². The summed E-state index contributed by atoms with van der Waals surface area (Å²) < 4.78 is 41.6. The van der Waals surface area contributed by atoms with E-state index in [2.05, 4.69) is 41.9 Å². The fraction of sp³-hybridized carbons (Fsp3) is 0. The molecule has 8 bridgehead atoms. The molecule has 6 amide bonds. The number of aromatic amines is 2. The minimum atomic E-state index is -0.579. The number of urea groups is 3. The van der Waals surface area contributed by atoms with Gasteiger partial charge in [-0.3, -0.25) is 0 Å². The van der Waals surface area contributed by atoms with Crippen LogP contribution in [-0.4, -0.2) is 38.0 Å². The highest BCUT2D eigenvalue weighted by molar-refractivity contribution is 6.09. The van der Waals surface area contributed by atoms with Crippen molar-refractivity contribution in [1.29, 1.82) is 0 Å². The standard InChI is InChI=1S/C65H45F3N10O3/c66-39-18-24-42(25-19-39)69-63(79)76-48-15-7-4-12-45(48)60-53-32-30-51(72-53)59(38-10-2-1-3-11-38)52-31-33-54(73-52)61(46-13-5-8-16-49(46)77-64(80)70-43-26-20-40(67)21-27-43)56-35-37-58(75-56)62(57-36-34-55(60)74-57)47-14-6-9-17-50(47)78-65(81)71-44-28-22-41(68)23-29-44/h1-37,72,75H,(H2,69,76,79)(H2,70,77,80)(H2,71,78,81). The van der Waals surface area contributed by atoms with E-state index in [1.165, 1.54) is 72.8 Å². The first-order valence-corrected chi connectivity index (χ1v) is 25.6. The van der Waals surface area contributed by atoms with Gasteiger partial charge in [0.15, 0.2) is 0 Å². The fourth-order valence-electron chi connectivity index (χ4n) is 9.85. The first-order valence-electron chi connectivity index (χ1n) is 25.6. The summed E-state index contributed by atoms with van der Waals surface area (Å²) in [5.41, 5.74) is 12.5. The zero-order valence-corrected chi connectivity index (χ0v) is 42.6. The van der Waals surface area contributed by atoms with Crippen molar-refractivity contribution in [3.05, 3.63) is 240 Å². The molecule has 0 saturated heterocycles. The Kier molecular flexibility index (Phi) is 13.7. The lowest BCUT2D eigenvalue weighted by Crippen LogP contribution is -2.19. The van der Waals surface area contributed by atoms with Crippen molar-refractivity contribution in [1.82, 2.24) is 19.9 Å². The summed E-state index contributed by atoms with van der Waals surface area (Å²) in [5, 5.41) is 17.4. The third-order valence-corrected chi connectivity index (χ3v) is 13.5. The van der Waals surface area contributed by atoms with E-state index < -0.39 is 35.5 Å². The lowest BCUT2D eigenvalue weighted by atomic mass is 10.0. The van der Waals surface area contributed by atoms with Crippen LogP contribution in [0.2, 0.25) is 0 Å². The Morgan fingerprint density at radius 1 is 0.309 bits per heavy atom. The monoisotopic (exact) mass is 1070 g/mol. The van der Waals surface area contributed by atoms with Crippen LogP contribution in [0.5, 0.6) is 0 Å². The Labute approximate surface area is 461 Å². The number of para-hydroxylation sites is 3. The van der Waals surface area contributed by atoms with Crippen molar-refractivity contribution in [3.63, 3.8) is 0 Å². The van der Waals surface area contributed by atoms with Crippen LogP contribution >= 0.6 is 0 Å². The number of halogens is 3. The van der Waals surface area contributed by atoms with Crippen LogP contribution in [0, 0.1) is 17.5 Å². The molecule has 0 spiro atoms. The van der Waals surface area contributed by atoms with Gasteiger partial charge in [0.1, 0.15) is 17.5 Å². The second kappa shape index (κ2) is 22.0. The maximum Gasteiger partial charge on any atom is 0.323 e. The van der Waals surface area contributed by atoms with Crippen molar-refractivity contribution in [2.75, 3.05) is 31.9 Å².